The molecule has 2 N–H and O–H groups in total. The Kier molecular flexibility index (Phi) is 6.88. The number of hydrogen-bond donors (Lipinski definition) is 2. The largest absolute Gasteiger partial charge is 0.419 e. The van der Waals surface area contributed by atoms with Gasteiger partial charge in [-0.05, 0) is 67.1 Å². The summed E-state index contributed by atoms with van der Waals surface area (Å²) >= 11 is 0. The van der Waals surface area contributed by atoms with Crippen LogP contribution in [0, 0.1) is 17.7 Å². The van der Waals surface area contributed by atoms with E-state index in [0.29, 0.717) is 48.2 Å². The second-order valence-electron chi connectivity index (χ2n) is 12.0. The first-order valence-corrected chi connectivity index (χ1v) is 14.5. The number of allylic oxidation sites excluding steroid dienone is 1. The normalized spacial score (nSPS) is 21.6. The lowest BCUT2D eigenvalue weighted by Crippen LogP contribution is -2.33. The first kappa shape index (κ1) is 29.0. The monoisotopic (exact) mass is 619 g/mol. The summed E-state index contributed by atoms with van der Waals surface area (Å²) in [5.41, 5.74) is -0.257. The summed E-state index contributed by atoms with van der Waals surface area (Å²) in [4.78, 5) is 35.6. The molecule has 2 fully saturated rings. The maximum absolute atomic E-state index is 14.9. The molecule has 1 unspecified atom stereocenters. The van der Waals surface area contributed by atoms with Crippen molar-refractivity contribution in [3.63, 3.8) is 0 Å². The summed E-state index contributed by atoms with van der Waals surface area (Å²) in [5, 5.41) is 12.3. The molecule has 2 aromatic carbocycles. The van der Waals surface area contributed by atoms with Crippen molar-refractivity contribution in [1.29, 1.82) is 0 Å². The van der Waals surface area contributed by atoms with E-state index >= 15 is 0 Å². The Morgan fingerprint density at radius 1 is 0.978 bits per heavy atom. The molecule has 3 atom stereocenters. The van der Waals surface area contributed by atoms with Crippen LogP contribution in [0.3, 0.4) is 0 Å². The number of anilines is 2. The Labute approximate surface area is 255 Å². The van der Waals surface area contributed by atoms with Crippen molar-refractivity contribution in [2.45, 2.75) is 19.1 Å². The van der Waals surface area contributed by atoms with Gasteiger partial charge in [0, 0.05) is 61.4 Å². The van der Waals surface area contributed by atoms with Gasteiger partial charge in [-0.1, -0.05) is 12.1 Å². The van der Waals surface area contributed by atoms with E-state index in [2.05, 4.69) is 32.7 Å². The third-order valence-electron chi connectivity index (χ3n) is 8.91. The molecule has 45 heavy (non-hydrogen) atoms. The van der Waals surface area contributed by atoms with Gasteiger partial charge in [0.05, 0.1) is 11.1 Å². The lowest BCUT2D eigenvalue weighted by Gasteiger charge is -2.30. The molecular weight excluding hydrogens is 590 g/mol. The fourth-order valence-corrected chi connectivity index (χ4v) is 6.82. The maximum atomic E-state index is 14.9. The number of nitrogens with one attached hydrogen (secondary N) is 2. The minimum Gasteiger partial charge on any atom is -0.344 e. The first-order valence-electron chi connectivity index (χ1n) is 14.5. The highest BCUT2D eigenvalue weighted by Crippen LogP contribution is 2.40. The standard InChI is InChI=1S/C32H29F4N7O2/c1-17-28(30(44)39-23-5-3-20-12-37-8-7-18(20)9-23)29(19-4-6-24(25(33)10-19)32(34,35)36)43-27(38-17)11-26(40-43)31(45)42-15-21-13-41(2)14-22(21)16-42/h3-12,21-22,29,38H,13-16H2,1-2H3,(H,39,44)/t21-,22+,29?. The van der Waals surface area contributed by atoms with Crippen LogP contribution in [0.2, 0.25) is 0 Å². The summed E-state index contributed by atoms with van der Waals surface area (Å²) in [7, 11) is 2.06. The SMILES string of the molecule is CC1=C(C(=O)Nc2ccc3cnccc3c2)C(c2ccc(C(F)(F)F)c(F)c2)n2nc(C(=O)N3C[C@H]4CN(C)C[C@H]4C3)cc2N1. The molecule has 0 radical (unpaired) electrons. The third-order valence-corrected chi connectivity index (χ3v) is 8.91. The van der Waals surface area contributed by atoms with E-state index in [1.165, 1.54) is 4.68 Å². The highest BCUT2D eigenvalue weighted by Gasteiger charge is 2.42. The number of carbonyl (C=O) groups is 2. The molecule has 2 amide bonds. The van der Waals surface area contributed by atoms with Crippen LogP contribution in [0.5, 0.6) is 0 Å². The van der Waals surface area contributed by atoms with Gasteiger partial charge in [0.25, 0.3) is 11.8 Å². The van der Waals surface area contributed by atoms with Crippen molar-refractivity contribution in [2.24, 2.45) is 11.8 Å². The lowest BCUT2D eigenvalue weighted by molar-refractivity contribution is -0.140. The highest BCUT2D eigenvalue weighted by molar-refractivity contribution is 6.07. The van der Waals surface area contributed by atoms with Crippen molar-refractivity contribution in [3.8, 4) is 0 Å². The smallest absolute Gasteiger partial charge is 0.344 e. The number of halogens is 4. The van der Waals surface area contributed by atoms with Crippen molar-refractivity contribution in [1.82, 2.24) is 24.6 Å². The van der Waals surface area contributed by atoms with Gasteiger partial charge < -0.3 is 20.4 Å². The van der Waals surface area contributed by atoms with Gasteiger partial charge in [0.1, 0.15) is 17.7 Å². The summed E-state index contributed by atoms with van der Waals surface area (Å²) in [5.74, 6) is -1.20. The van der Waals surface area contributed by atoms with Crippen LogP contribution in [-0.2, 0) is 11.0 Å². The zero-order chi connectivity index (χ0) is 31.6. The number of nitrogens with zero attached hydrogens (tertiary/aromatic N) is 5. The number of carbonyl (C=O) groups excluding carboxylic acids is 2. The van der Waals surface area contributed by atoms with Crippen LogP contribution in [0.4, 0.5) is 29.1 Å². The number of rotatable bonds is 4. The topological polar surface area (TPSA) is 95.4 Å². The first-order chi connectivity index (χ1) is 21.5. The molecule has 0 bridgehead atoms. The third kappa shape index (κ3) is 5.20. The Morgan fingerprint density at radius 3 is 2.44 bits per heavy atom. The molecule has 0 spiro atoms. The van der Waals surface area contributed by atoms with E-state index in [4.69, 9.17) is 0 Å². The zero-order valence-corrected chi connectivity index (χ0v) is 24.4. The van der Waals surface area contributed by atoms with E-state index in [1.54, 1.807) is 54.5 Å². The number of amides is 2. The van der Waals surface area contributed by atoms with Crippen LogP contribution in [0.1, 0.15) is 34.6 Å². The van der Waals surface area contributed by atoms with Crippen molar-refractivity contribution < 1.29 is 27.2 Å². The molecule has 2 saturated heterocycles. The predicted octanol–water partition coefficient (Wildman–Crippen LogP) is 5.15. The van der Waals surface area contributed by atoms with Gasteiger partial charge in [-0.2, -0.15) is 18.3 Å². The maximum Gasteiger partial charge on any atom is 0.419 e. The predicted molar refractivity (Wildman–Crippen MR) is 159 cm³/mol. The van der Waals surface area contributed by atoms with Gasteiger partial charge in [-0.15, -0.1) is 0 Å². The van der Waals surface area contributed by atoms with Gasteiger partial charge in [0.15, 0.2) is 5.69 Å². The molecule has 13 heteroatoms. The minimum atomic E-state index is -4.90. The second-order valence-corrected chi connectivity index (χ2v) is 12.0. The molecule has 5 heterocycles. The fraction of sp³-hybridized carbons (Fsp3) is 0.312. The Hall–Kier alpha value is -4.78. The molecule has 232 valence electrons. The van der Waals surface area contributed by atoms with Crippen molar-refractivity contribution in [2.75, 3.05) is 43.9 Å². The molecule has 7 rings (SSSR count). The van der Waals surface area contributed by atoms with E-state index in [9.17, 15) is 27.2 Å². The molecule has 4 aromatic rings. The summed E-state index contributed by atoms with van der Waals surface area (Å²) in [6, 6.07) is 10.1. The average Bonchev–Trinajstić information content (AvgIpc) is 3.68. The van der Waals surface area contributed by atoms with Crippen LogP contribution in [-0.4, -0.2) is 69.6 Å². The molecule has 0 saturated carbocycles. The van der Waals surface area contributed by atoms with E-state index in [1.807, 2.05) is 0 Å². The Balaban J connectivity index is 1.25. The van der Waals surface area contributed by atoms with Gasteiger partial charge in [-0.25, -0.2) is 9.07 Å². The van der Waals surface area contributed by atoms with Crippen LogP contribution in [0.15, 0.2) is 72.2 Å². The quantitative estimate of drug-likeness (QED) is 0.307. The molecule has 0 aliphatic carbocycles. The lowest BCUT2D eigenvalue weighted by atomic mass is 9.93. The number of fused-ring (bicyclic) bond motifs is 3. The van der Waals surface area contributed by atoms with Gasteiger partial charge in [0.2, 0.25) is 0 Å². The number of pyridine rings is 1. The fourth-order valence-electron chi connectivity index (χ4n) is 6.82. The highest BCUT2D eigenvalue weighted by atomic mass is 19.4. The van der Waals surface area contributed by atoms with Gasteiger partial charge >= 0.3 is 6.18 Å². The van der Waals surface area contributed by atoms with Crippen molar-refractivity contribution >= 4 is 34.1 Å². The van der Waals surface area contributed by atoms with Crippen LogP contribution in [0.25, 0.3) is 10.8 Å². The molecular formula is C32H29F4N7O2. The molecule has 2 aromatic heterocycles. The van der Waals surface area contributed by atoms with E-state index in [0.717, 1.165) is 36.0 Å². The molecule has 3 aliphatic rings. The number of benzene rings is 2. The number of aromatic nitrogens is 3. The average molecular weight is 620 g/mol. The second kappa shape index (κ2) is 10.7. The number of likely N-dealkylation sites (tertiary alicyclic amines) is 2. The Bertz CT molecular complexity index is 1870. The van der Waals surface area contributed by atoms with E-state index < -0.39 is 29.5 Å². The van der Waals surface area contributed by atoms with Crippen molar-refractivity contribution in [3.05, 3.63) is 94.8 Å². The summed E-state index contributed by atoms with van der Waals surface area (Å²) < 4.78 is 56.6. The number of alkyl halides is 3. The van der Waals surface area contributed by atoms with Gasteiger partial charge in [-0.3, -0.25) is 14.6 Å². The minimum absolute atomic E-state index is 0.0678. The molecule has 9 nitrogen and oxygen atoms in total. The zero-order valence-electron chi connectivity index (χ0n) is 24.4. The van der Waals surface area contributed by atoms with Crippen LogP contribution >= 0.6 is 0 Å². The Morgan fingerprint density at radius 2 is 1.73 bits per heavy atom. The summed E-state index contributed by atoms with van der Waals surface area (Å²) in [6.07, 6.45) is -1.57. The van der Waals surface area contributed by atoms with Crippen LogP contribution < -0.4 is 10.6 Å². The summed E-state index contributed by atoms with van der Waals surface area (Å²) in [6.45, 7) is 4.66. The van der Waals surface area contributed by atoms with E-state index in [-0.39, 0.29) is 22.7 Å². The number of hydrogen-bond acceptors (Lipinski definition) is 6. The molecule has 3 aliphatic heterocycles.